The molecule has 1 atom stereocenters. The highest BCUT2D eigenvalue weighted by atomic mass is 79.9. The van der Waals surface area contributed by atoms with E-state index in [-0.39, 0.29) is 23.7 Å². The Bertz CT molecular complexity index is 1130. The van der Waals surface area contributed by atoms with Crippen molar-refractivity contribution in [1.29, 1.82) is 0 Å². The molecule has 7 nitrogen and oxygen atoms in total. The molecular formula is C23H26BrFN2O5S. The summed E-state index contributed by atoms with van der Waals surface area (Å²) in [5.41, 5.74) is 8.08. The van der Waals surface area contributed by atoms with Gasteiger partial charge in [0.1, 0.15) is 5.82 Å². The number of rotatable bonds is 8. The van der Waals surface area contributed by atoms with Gasteiger partial charge in [0.15, 0.2) is 0 Å². The first-order valence-electron chi connectivity index (χ1n) is 9.88. The molecular weight excluding hydrogens is 515 g/mol. The number of halogens is 2. The summed E-state index contributed by atoms with van der Waals surface area (Å²) in [4.78, 5) is -0.0666. The van der Waals surface area contributed by atoms with Crippen LogP contribution in [0.25, 0.3) is 0 Å². The van der Waals surface area contributed by atoms with Crippen molar-refractivity contribution in [3.63, 3.8) is 0 Å². The minimum atomic E-state index is -4.02. The van der Waals surface area contributed by atoms with Gasteiger partial charge in [0.25, 0.3) is 10.1 Å². The predicted molar refractivity (Wildman–Crippen MR) is 130 cm³/mol. The first kappa shape index (κ1) is 26.7. The van der Waals surface area contributed by atoms with Crippen LogP contribution in [0.4, 0.5) is 15.8 Å². The van der Waals surface area contributed by atoms with Crippen molar-refractivity contribution in [2.75, 3.05) is 24.2 Å². The zero-order chi connectivity index (χ0) is 24.4. The number of hydrogen-bond donors (Lipinski definition) is 4. The van der Waals surface area contributed by atoms with Crippen molar-refractivity contribution in [1.82, 2.24) is 0 Å². The molecule has 3 aromatic carbocycles. The number of benzene rings is 3. The molecule has 0 spiro atoms. The number of nitrogen functional groups attached to an aromatic ring is 1. The SMILES string of the molecule is Cc1ccc(S(=O)(=O)O)cc1.Nc1cc(Br)c(NCC(O)COCc2ccccc2)cc1F. The number of anilines is 2. The molecule has 0 aliphatic carbocycles. The van der Waals surface area contributed by atoms with Crippen LogP contribution in [0.5, 0.6) is 0 Å². The molecule has 0 radical (unpaired) electrons. The monoisotopic (exact) mass is 540 g/mol. The number of hydrogen-bond acceptors (Lipinski definition) is 6. The predicted octanol–water partition coefficient (Wildman–Crippen LogP) is 4.40. The van der Waals surface area contributed by atoms with E-state index < -0.39 is 22.0 Å². The van der Waals surface area contributed by atoms with Crippen molar-refractivity contribution in [2.45, 2.75) is 24.5 Å². The molecule has 0 heterocycles. The van der Waals surface area contributed by atoms with Crippen LogP contribution in [-0.2, 0) is 21.5 Å². The molecule has 0 aliphatic rings. The van der Waals surface area contributed by atoms with Gasteiger partial charge in [0, 0.05) is 17.1 Å². The molecule has 5 N–H and O–H groups in total. The number of ether oxygens (including phenoxy) is 1. The molecule has 178 valence electrons. The lowest BCUT2D eigenvalue weighted by atomic mass is 10.2. The van der Waals surface area contributed by atoms with Crippen LogP contribution in [0.3, 0.4) is 0 Å². The smallest absolute Gasteiger partial charge is 0.294 e. The average Bonchev–Trinajstić information content (AvgIpc) is 2.76. The highest BCUT2D eigenvalue weighted by molar-refractivity contribution is 9.10. The number of aliphatic hydroxyl groups excluding tert-OH is 1. The van der Waals surface area contributed by atoms with E-state index >= 15 is 0 Å². The molecule has 3 aromatic rings. The zero-order valence-corrected chi connectivity index (χ0v) is 20.3. The minimum absolute atomic E-state index is 0.0666. The van der Waals surface area contributed by atoms with Crippen LogP contribution >= 0.6 is 15.9 Å². The van der Waals surface area contributed by atoms with Crippen LogP contribution < -0.4 is 11.1 Å². The molecule has 10 heteroatoms. The van der Waals surface area contributed by atoms with Gasteiger partial charge in [-0.15, -0.1) is 0 Å². The summed E-state index contributed by atoms with van der Waals surface area (Å²) in [6, 6.07) is 18.5. The second kappa shape index (κ2) is 12.7. The van der Waals surface area contributed by atoms with E-state index in [0.29, 0.717) is 16.8 Å². The lowest BCUT2D eigenvalue weighted by Gasteiger charge is -2.15. The van der Waals surface area contributed by atoms with Crippen molar-refractivity contribution in [2.24, 2.45) is 0 Å². The van der Waals surface area contributed by atoms with Crippen LogP contribution in [0.2, 0.25) is 0 Å². The third-order valence-electron chi connectivity index (χ3n) is 4.36. The Morgan fingerprint density at radius 1 is 1.12 bits per heavy atom. The summed E-state index contributed by atoms with van der Waals surface area (Å²) in [5.74, 6) is -0.500. The average molecular weight is 541 g/mol. The van der Waals surface area contributed by atoms with Crippen molar-refractivity contribution >= 4 is 37.4 Å². The third kappa shape index (κ3) is 9.48. The van der Waals surface area contributed by atoms with Gasteiger partial charge in [-0.25, -0.2) is 4.39 Å². The van der Waals surface area contributed by atoms with Crippen molar-refractivity contribution in [3.05, 3.63) is 88.1 Å². The largest absolute Gasteiger partial charge is 0.396 e. The number of nitrogens with two attached hydrogens (primary N) is 1. The highest BCUT2D eigenvalue weighted by Gasteiger charge is 2.09. The van der Waals surface area contributed by atoms with E-state index in [1.807, 2.05) is 37.3 Å². The van der Waals surface area contributed by atoms with E-state index in [1.165, 1.54) is 24.3 Å². The maximum absolute atomic E-state index is 13.4. The van der Waals surface area contributed by atoms with Gasteiger partial charge >= 0.3 is 0 Å². The molecule has 0 amide bonds. The summed E-state index contributed by atoms with van der Waals surface area (Å²) in [5, 5.41) is 12.8. The Hall–Kier alpha value is -2.50. The van der Waals surface area contributed by atoms with E-state index in [1.54, 1.807) is 12.1 Å². The number of aliphatic hydroxyl groups is 1. The van der Waals surface area contributed by atoms with Gasteiger partial charge < -0.3 is 20.9 Å². The Labute approximate surface area is 201 Å². The van der Waals surface area contributed by atoms with Crippen LogP contribution in [0.15, 0.2) is 76.1 Å². The molecule has 0 aromatic heterocycles. The lowest BCUT2D eigenvalue weighted by molar-refractivity contribution is 0.0348. The van der Waals surface area contributed by atoms with Gasteiger partial charge in [0.2, 0.25) is 0 Å². The van der Waals surface area contributed by atoms with E-state index in [2.05, 4.69) is 21.2 Å². The van der Waals surface area contributed by atoms with Gasteiger partial charge in [0.05, 0.1) is 35.6 Å². The summed E-state index contributed by atoms with van der Waals surface area (Å²) in [6.07, 6.45) is -0.698. The second-order valence-electron chi connectivity index (χ2n) is 7.18. The Kier molecular flexibility index (Phi) is 10.3. The molecule has 0 saturated carbocycles. The van der Waals surface area contributed by atoms with Gasteiger partial charge in [-0.05, 0) is 46.6 Å². The summed E-state index contributed by atoms with van der Waals surface area (Å²) < 4.78 is 49.0. The number of aryl methyl sites for hydroxylation is 1. The Morgan fingerprint density at radius 3 is 2.36 bits per heavy atom. The zero-order valence-electron chi connectivity index (χ0n) is 17.9. The van der Waals surface area contributed by atoms with Crippen LogP contribution in [-0.4, -0.2) is 37.3 Å². The minimum Gasteiger partial charge on any atom is -0.396 e. The maximum Gasteiger partial charge on any atom is 0.294 e. The Morgan fingerprint density at radius 2 is 1.76 bits per heavy atom. The molecule has 0 fully saturated rings. The van der Waals surface area contributed by atoms with Crippen LogP contribution in [0.1, 0.15) is 11.1 Å². The van der Waals surface area contributed by atoms with E-state index in [9.17, 15) is 17.9 Å². The molecule has 0 saturated heterocycles. The van der Waals surface area contributed by atoms with Crippen molar-refractivity contribution < 1.29 is 27.2 Å². The number of nitrogens with one attached hydrogen (secondary N) is 1. The lowest BCUT2D eigenvalue weighted by Crippen LogP contribution is -2.25. The summed E-state index contributed by atoms with van der Waals surface area (Å²) in [7, 11) is -4.02. The first-order valence-corrected chi connectivity index (χ1v) is 12.1. The van der Waals surface area contributed by atoms with Gasteiger partial charge in [-0.3, -0.25) is 4.55 Å². The van der Waals surface area contributed by atoms with Crippen molar-refractivity contribution in [3.8, 4) is 0 Å². The van der Waals surface area contributed by atoms with Gasteiger partial charge in [-0.2, -0.15) is 8.42 Å². The fraction of sp³-hybridized carbons (Fsp3) is 0.217. The van der Waals surface area contributed by atoms with E-state index in [4.69, 9.17) is 15.0 Å². The highest BCUT2D eigenvalue weighted by Crippen LogP contribution is 2.27. The molecule has 33 heavy (non-hydrogen) atoms. The second-order valence-corrected chi connectivity index (χ2v) is 9.45. The van der Waals surface area contributed by atoms with Crippen LogP contribution in [0, 0.1) is 12.7 Å². The molecule has 0 bridgehead atoms. The summed E-state index contributed by atoms with van der Waals surface area (Å²) >= 11 is 3.29. The quantitative estimate of drug-likeness (QED) is 0.246. The van der Waals surface area contributed by atoms with Gasteiger partial charge in [-0.1, -0.05) is 48.0 Å². The summed E-state index contributed by atoms with van der Waals surface area (Å²) in [6.45, 7) is 2.72. The maximum atomic E-state index is 13.4. The standard InChI is InChI=1S/C16H18BrFN2O2.C7H8O3S/c17-13-6-15(19)14(18)7-16(13)20-8-12(21)10-22-9-11-4-2-1-3-5-11;1-6-2-4-7(5-3-6)11(8,9)10/h1-7,12,20-21H,8-10,19H2;2-5H,1H3,(H,8,9,10). The fourth-order valence-corrected chi connectivity index (χ4v) is 3.56. The Balaban J connectivity index is 0.000000294. The topological polar surface area (TPSA) is 122 Å². The first-order chi connectivity index (χ1) is 15.6. The third-order valence-corrected chi connectivity index (χ3v) is 5.88. The molecule has 0 aliphatic heterocycles. The molecule has 1 unspecified atom stereocenters. The normalized spacial score (nSPS) is 11.9. The fourth-order valence-electron chi connectivity index (χ4n) is 2.58. The molecule has 3 rings (SSSR count). The van der Waals surface area contributed by atoms with E-state index in [0.717, 1.165) is 11.1 Å².